The Labute approximate surface area is 140 Å². The van der Waals surface area contributed by atoms with E-state index in [0.717, 1.165) is 37.6 Å². The van der Waals surface area contributed by atoms with E-state index in [-0.39, 0.29) is 5.91 Å². The molecule has 23 heavy (non-hydrogen) atoms. The van der Waals surface area contributed by atoms with Crippen LogP contribution in [-0.4, -0.2) is 53.4 Å². The summed E-state index contributed by atoms with van der Waals surface area (Å²) >= 11 is 1.51. The third-order valence-corrected chi connectivity index (χ3v) is 4.78. The first-order chi connectivity index (χ1) is 11.2. The maximum absolute atomic E-state index is 12.1. The maximum atomic E-state index is 12.1. The third-order valence-electron chi connectivity index (χ3n) is 3.95. The molecule has 122 valence electrons. The first-order valence-electron chi connectivity index (χ1n) is 7.90. The van der Waals surface area contributed by atoms with Crippen molar-refractivity contribution in [1.29, 1.82) is 0 Å². The monoisotopic (exact) mass is 330 g/mol. The molecule has 0 atom stereocenters. The second-order valence-electron chi connectivity index (χ2n) is 5.86. The van der Waals surface area contributed by atoms with Crippen LogP contribution in [0.1, 0.15) is 10.4 Å². The number of aromatic nitrogens is 1. The van der Waals surface area contributed by atoms with Crippen LogP contribution in [0.15, 0.2) is 36.5 Å². The fourth-order valence-electron chi connectivity index (χ4n) is 2.72. The zero-order valence-electron chi connectivity index (χ0n) is 13.4. The molecule has 5 nitrogen and oxygen atoms in total. The lowest BCUT2D eigenvalue weighted by Gasteiger charge is -2.34. The van der Waals surface area contributed by atoms with Gasteiger partial charge < -0.3 is 5.32 Å². The molecule has 2 heterocycles. The van der Waals surface area contributed by atoms with Gasteiger partial charge in [-0.2, -0.15) is 0 Å². The van der Waals surface area contributed by atoms with E-state index >= 15 is 0 Å². The second kappa shape index (κ2) is 7.68. The van der Waals surface area contributed by atoms with Crippen LogP contribution in [-0.2, 0) is 11.3 Å². The molecule has 1 aliphatic rings. The molecule has 0 saturated carbocycles. The number of anilines is 1. The SMILES string of the molecule is Cc1cnc(NC(=O)CN2CCN(Cc3ccccc3)CC2)s1. The van der Waals surface area contributed by atoms with Gasteiger partial charge in [-0.1, -0.05) is 30.3 Å². The van der Waals surface area contributed by atoms with Crippen LogP contribution in [0.4, 0.5) is 5.13 Å². The molecule has 2 aromatic rings. The summed E-state index contributed by atoms with van der Waals surface area (Å²) in [6.07, 6.45) is 1.78. The smallest absolute Gasteiger partial charge is 0.240 e. The lowest BCUT2D eigenvalue weighted by Crippen LogP contribution is -2.48. The van der Waals surface area contributed by atoms with Gasteiger partial charge in [0.15, 0.2) is 5.13 Å². The Morgan fingerprint density at radius 3 is 2.52 bits per heavy atom. The number of nitrogens with zero attached hydrogens (tertiary/aromatic N) is 3. The molecule has 1 aliphatic heterocycles. The van der Waals surface area contributed by atoms with Gasteiger partial charge in [0, 0.05) is 43.8 Å². The first kappa shape index (κ1) is 16.1. The van der Waals surface area contributed by atoms with Gasteiger partial charge >= 0.3 is 0 Å². The number of amides is 1. The van der Waals surface area contributed by atoms with Gasteiger partial charge in [-0.15, -0.1) is 11.3 Å². The fraction of sp³-hybridized carbons (Fsp3) is 0.412. The van der Waals surface area contributed by atoms with Crippen molar-refractivity contribution >= 4 is 22.4 Å². The summed E-state index contributed by atoms with van der Waals surface area (Å²) in [7, 11) is 0. The number of piperazine rings is 1. The van der Waals surface area contributed by atoms with E-state index in [2.05, 4.69) is 44.4 Å². The van der Waals surface area contributed by atoms with Gasteiger partial charge in [-0.25, -0.2) is 4.98 Å². The minimum atomic E-state index is 0.0239. The zero-order chi connectivity index (χ0) is 16.1. The van der Waals surface area contributed by atoms with Crippen molar-refractivity contribution in [3.8, 4) is 0 Å². The Kier molecular flexibility index (Phi) is 5.38. The lowest BCUT2D eigenvalue weighted by molar-refractivity contribution is -0.117. The van der Waals surface area contributed by atoms with Gasteiger partial charge in [-0.3, -0.25) is 14.6 Å². The Morgan fingerprint density at radius 1 is 1.17 bits per heavy atom. The number of carbonyl (C=O) groups excluding carboxylic acids is 1. The number of thiazole rings is 1. The number of rotatable bonds is 5. The molecule has 1 N–H and O–H groups in total. The van der Waals surface area contributed by atoms with Crippen LogP contribution < -0.4 is 5.32 Å². The second-order valence-corrected chi connectivity index (χ2v) is 7.10. The standard InChI is InChI=1S/C17H22N4OS/c1-14-11-18-17(23-14)19-16(22)13-21-9-7-20(8-10-21)12-15-5-3-2-4-6-15/h2-6,11H,7-10,12-13H2,1H3,(H,18,19,22). The van der Waals surface area contributed by atoms with E-state index in [1.54, 1.807) is 6.20 Å². The van der Waals surface area contributed by atoms with E-state index < -0.39 is 0 Å². The molecule has 3 rings (SSSR count). The highest BCUT2D eigenvalue weighted by atomic mass is 32.1. The Hall–Kier alpha value is -1.76. The first-order valence-corrected chi connectivity index (χ1v) is 8.71. The third kappa shape index (κ3) is 4.86. The highest BCUT2D eigenvalue weighted by molar-refractivity contribution is 7.15. The molecule has 0 aliphatic carbocycles. The molecular weight excluding hydrogens is 308 g/mol. The summed E-state index contributed by atoms with van der Waals surface area (Å²) in [5, 5.41) is 3.56. The van der Waals surface area contributed by atoms with Gasteiger partial charge in [-0.05, 0) is 12.5 Å². The normalized spacial score (nSPS) is 16.4. The minimum absolute atomic E-state index is 0.0239. The number of hydrogen-bond donors (Lipinski definition) is 1. The number of benzene rings is 1. The van der Waals surface area contributed by atoms with Crippen LogP contribution in [0, 0.1) is 6.92 Å². The molecule has 0 unspecified atom stereocenters. The van der Waals surface area contributed by atoms with E-state index in [9.17, 15) is 4.79 Å². The van der Waals surface area contributed by atoms with E-state index in [1.165, 1.54) is 16.9 Å². The van der Waals surface area contributed by atoms with Crippen molar-refractivity contribution in [2.45, 2.75) is 13.5 Å². The van der Waals surface area contributed by atoms with Crippen LogP contribution in [0.5, 0.6) is 0 Å². The van der Waals surface area contributed by atoms with E-state index in [1.807, 2.05) is 13.0 Å². The summed E-state index contributed by atoms with van der Waals surface area (Å²) in [5.41, 5.74) is 1.35. The van der Waals surface area contributed by atoms with Crippen LogP contribution in [0.2, 0.25) is 0 Å². The highest BCUT2D eigenvalue weighted by Crippen LogP contribution is 2.16. The zero-order valence-corrected chi connectivity index (χ0v) is 14.2. The molecule has 1 saturated heterocycles. The summed E-state index contributed by atoms with van der Waals surface area (Å²) in [5.74, 6) is 0.0239. The Balaban J connectivity index is 1.41. The quantitative estimate of drug-likeness (QED) is 0.913. The topological polar surface area (TPSA) is 48.5 Å². The number of aryl methyl sites for hydroxylation is 1. The molecule has 0 bridgehead atoms. The average Bonchev–Trinajstić information content (AvgIpc) is 2.95. The van der Waals surface area contributed by atoms with Crippen molar-refractivity contribution in [3.05, 3.63) is 47.0 Å². The van der Waals surface area contributed by atoms with Gasteiger partial charge in [0.2, 0.25) is 5.91 Å². The summed E-state index contributed by atoms with van der Waals surface area (Å²) in [6, 6.07) is 10.5. The molecule has 0 spiro atoms. The predicted octanol–water partition coefficient (Wildman–Crippen LogP) is 2.21. The fourth-order valence-corrected chi connectivity index (χ4v) is 3.40. The molecule has 0 radical (unpaired) electrons. The Bertz CT molecular complexity index is 635. The summed E-state index contributed by atoms with van der Waals surface area (Å²) in [4.78, 5) is 22.0. The average molecular weight is 330 g/mol. The van der Waals surface area contributed by atoms with Crippen molar-refractivity contribution in [3.63, 3.8) is 0 Å². The van der Waals surface area contributed by atoms with Gasteiger partial charge in [0.25, 0.3) is 0 Å². The van der Waals surface area contributed by atoms with Crippen molar-refractivity contribution < 1.29 is 4.79 Å². The van der Waals surface area contributed by atoms with Crippen LogP contribution >= 0.6 is 11.3 Å². The highest BCUT2D eigenvalue weighted by Gasteiger charge is 2.19. The molecule has 1 aromatic heterocycles. The number of nitrogens with one attached hydrogen (secondary N) is 1. The van der Waals surface area contributed by atoms with Crippen molar-refractivity contribution in [2.75, 3.05) is 38.0 Å². The number of carbonyl (C=O) groups is 1. The van der Waals surface area contributed by atoms with Crippen molar-refractivity contribution in [2.24, 2.45) is 0 Å². The van der Waals surface area contributed by atoms with Gasteiger partial charge in [0.1, 0.15) is 0 Å². The van der Waals surface area contributed by atoms with E-state index in [4.69, 9.17) is 0 Å². The summed E-state index contributed by atoms with van der Waals surface area (Å²) in [6.45, 7) is 7.27. The summed E-state index contributed by atoms with van der Waals surface area (Å²) < 4.78 is 0. The largest absolute Gasteiger partial charge is 0.301 e. The Morgan fingerprint density at radius 2 is 1.87 bits per heavy atom. The number of hydrogen-bond acceptors (Lipinski definition) is 5. The molecule has 6 heteroatoms. The minimum Gasteiger partial charge on any atom is -0.301 e. The van der Waals surface area contributed by atoms with Crippen LogP contribution in [0.25, 0.3) is 0 Å². The predicted molar refractivity (Wildman–Crippen MR) is 93.6 cm³/mol. The molecule has 1 aromatic carbocycles. The van der Waals surface area contributed by atoms with Crippen molar-refractivity contribution in [1.82, 2.24) is 14.8 Å². The molecule has 1 fully saturated rings. The molecular formula is C17H22N4OS. The maximum Gasteiger partial charge on any atom is 0.240 e. The lowest BCUT2D eigenvalue weighted by atomic mass is 10.2. The van der Waals surface area contributed by atoms with E-state index in [0.29, 0.717) is 11.7 Å². The van der Waals surface area contributed by atoms with Crippen LogP contribution in [0.3, 0.4) is 0 Å². The van der Waals surface area contributed by atoms with Gasteiger partial charge in [0.05, 0.1) is 6.54 Å². The molecule has 1 amide bonds.